The number of amides is 1. The highest BCUT2D eigenvalue weighted by atomic mass is 32.2. The molecule has 6 heteroatoms. The molecule has 5 nitrogen and oxygen atoms in total. The van der Waals surface area contributed by atoms with Crippen LogP contribution in [0.4, 0.5) is 5.69 Å². The van der Waals surface area contributed by atoms with Gasteiger partial charge < -0.3 is 5.32 Å². The zero-order valence-electron chi connectivity index (χ0n) is 12.7. The molecule has 1 aromatic rings. The van der Waals surface area contributed by atoms with Gasteiger partial charge in [0.15, 0.2) is 0 Å². The number of sulfonamides is 1. The Morgan fingerprint density at radius 3 is 2.14 bits per heavy atom. The number of benzene rings is 1. The van der Waals surface area contributed by atoms with Crippen LogP contribution in [-0.2, 0) is 14.8 Å². The summed E-state index contributed by atoms with van der Waals surface area (Å²) in [5.41, 5.74) is 0.598. The Kier molecular flexibility index (Phi) is 4.68. The summed E-state index contributed by atoms with van der Waals surface area (Å²) in [5, 5.41) is 2.63. The molecule has 1 fully saturated rings. The molecule has 1 saturated heterocycles. The van der Waals surface area contributed by atoms with Gasteiger partial charge in [0.05, 0.1) is 4.90 Å². The van der Waals surface area contributed by atoms with Crippen molar-refractivity contribution in [1.82, 2.24) is 4.31 Å². The molecule has 1 amide bonds. The maximum absolute atomic E-state index is 12.8. The van der Waals surface area contributed by atoms with Gasteiger partial charge in [-0.2, -0.15) is 4.31 Å². The van der Waals surface area contributed by atoms with E-state index in [4.69, 9.17) is 0 Å². The summed E-state index contributed by atoms with van der Waals surface area (Å²) < 4.78 is 27.2. The number of nitrogens with zero attached hydrogens (tertiary/aromatic N) is 1. The zero-order chi connectivity index (χ0) is 15.6. The van der Waals surface area contributed by atoms with E-state index >= 15 is 0 Å². The van der Waals surface area contributed by atoms with E-state index in [1.165, 1.54) is 6.92 Å². The molecule has 116 valence electrons. The minimum atomic E-state index is -3.49. The molecule has 1 aliphatic rings. The maximum Gasteiger partial charge on any atom is 0.243 e. The zero-order valence-corrected chi connectivity index (χ0v) is 13.5. The van der Waals surface area contributed by atoms with Gasteiger partial charge in [0, 0.05) is 24.7 Å². The third kappa shape index (κ3) is 3.44. The van der Waals surface area contributed by atoms with Gasteiger partial charge in [-0.1, -0.05) is 6.42 Å². The van der Waals surface area contributed by atoms with E-state index in [9.17, 15) is 13.2 Å². The van der Waals surface area contributed by atoms with E-state index in [1.54, 1.807) is 28.6 Å². The maximum atomic E-state index is 12.8. The van der Waals surface area contributed by atoms with Crippen LogP contribution in [0.25, 0.3) is 0 Å². The first-order chi connectivity index (χ1) is 9.82. The minimum absolute atomic E-state index is 0.0220. The van der Waals surface area contributed by atoms with Gasteiger partial charge >= 0.3 is 0 Å². The van der Waals surface area contributed by atoms with Gasteiger partial charge in [0.1, 0.15) is 0 Å². The van der Waals surface area contributed by atoms with E-state index in [-0.39, 0.29) is 22.9 Å². The van der Waals surface area contributed by atoms with Gasteiger partial charge in [-0.15, -0.1) is 0 Å². The molecule has 1 aliphatic heterocycles. The third-order valence-electron chi connectivity index (χ3n) is 3.86. The number of carbonyl (C=O) groups excluding carboxylic acids is 1. The van der Waals surface area contributed by atoms with Crippen molar-refractivity contribution in [2.75, 3.05) is 5.32 Å². The van der Waals surface area contributed by atoms with Gasteiger partial charge in [0.25, 0.3) is 0 Å². The Bertz CT molecular complexity index is 600. The first-order valence-corrected chi connectivity index (χ1v) is 8.67. The number of piperidine rings is 1. The van der Waals surface area contributed by atoms with Gasteiger partial charge in [-0.05, 0) is 51.0 Å². The predicted molar refractivity (Wildman–Crippen MR) is 82.5 cm³/mol. The predicted octanol–water partition coefficient (Wildman–Crippen LogP) is 2.60. The molecule has 1 aromatic carbocycles. The molecule has 0 radical (unpaired) electrons. The second kappa shape index (κ2) is 6.15. The van der Waals surface area contributed by atoms with Crippen LogP contribution in [-0.4, -0.2) is 30.7 Å². The van der Waals surface area contributed by atoms with Crippen molar-refractivity contribution >= 4 is 21.6 Å². The van der Waals surface area contributed by atoms with Crippen LogP contribution in [0.2, 0.25) is 0 Å². The molecular weight excluding hydrogens is 288 g/mol. The van der Waals surface area contributed by atoms with E-state index in [1.807, 2.05) is 13.8 Å². The summed E-state index contributed by atoms with van der Waals surface area (Å²) in [6, 6.07) is 6.38. The number of carbonyl (C=O) groups is 1. The summed E-state index contributed by atoms with van der Waals surface area (Å²) >= 11 is 0. The fourth-order valence-corrected chi connectivity index (χ4v) is 4.79. The van der Waals surface area contributed by atoms with E-state index in [2.05, 4.69) is 5.32 Å². The molecule has 0 spiro atoms. The van der Waals surface area contributed by atoms with Crippen molar-refractivity contribution in [3.05, 3.63) is 24.3 Å². The molecule has 1 heterocycles. The topological polar surface area (TPSA) is 66.5 Å². The molecule has 2 rings (SSSR count). The van der Waals surface area contributed by atoms with Crippen molar-refractivity contribution in [2.45, 2.75) is 57.0 Å². The monoisotopic (exact) mass is 310 g/mol. The highest BCUT2D eigenvalue weighted by Crippen LogP contribution is 2.29. The summed E-state index contributed by atoms with van der Waals surface area (Å²) in [4.78, 5) is 11.3. The van der Waals surface area contributed by atoms with Crippen LogP contribution < -0.4 is 5.32 Å². The van der Waals surface area contributed by atoms with Crippen molar-refractivity contribution < 1.29 is 13.2 Å². The van der Waals surface area contributed by atoms with Crippen molar-refractivity contribution in [3.63, 3.8) is 0 Å². The summed E-state index contributed by atoms with van der Waals surface area (Å²) in [6.07, 6.45) is 2.86. The third-order valence-corrected chi connectivity index (χ3v) is 6.01. The smallest absolute Gasteiger partial charge is 0.243 e. The van der Waals surface area contributed by atoms with E-state index < -0.39 is 10.0 Å². The average molecular weight is 310 g/mol. The summed E-state index contributed by atoms with van der Waals surface area (Å²) in [6.45, 7) is 5.33. The molecule has 1 N–H and O–H groups in total. The van der Waals surface area contributed by atoms with Gasteiger partial charge in [0.2, 0.25) is 15.9 Å². The lowest BCUT2D eigenvalue weighted by Gasteiger charge is -2.37. The Morgan fingerprint density at radius 1 is 1.14 bits per heavy atom. The molecule has 21 heavy (non-hydrogen) atoms. The Balaban J connectivity index is 2.28. The molecule has 0 aliphatic carbocycles. The van der Waals surface area contributed by atoms with Crippen molar-refractivity contribution in [2.24, 2.45) is 0 Å². The molecule has 0 aromatic heterocycles. The lowest BCUT2D eigenvalue weighted by atomic mass is 10.0. The van der Waals surface area contributed by atoms with Crippen molar-refractivity contribution in [3.8, 4) is 0 Å². The van der Waals surface area contributed by atoms with E-state index in [0.717, 1.165) is 19.3 Å². The molecule has 2 atom stereocenters. The van der Waals surface area contributed by atoms with Crippen LogP contribution >= 0.6 is 0 Å². The number of hydrogen-bond donors (Lipinski definition) is 1. The lowest BCUT2D eigenvalue weighted by Crippen LogP contribution is -2.47. The standard InChI is InChI=1S/C15H22N2O3S/c1-11-5-4-6-12(2)17(11)21(19,20)15-9-7-14(8-10-15)16-13(3)18/h7-12H,4-6H2,1-3H3,(H,16,18)/t11-,12-/m1/s1. The van der Waals surface area contributed by atoms with Gasteiger partial charge in [-0.3, -0.25) is 4.79 Å². The van der Waals surface area contributed by atoms with Crippen LogP contribution in [0.1, 0.15) is 40.0 Å². The first-order valence-electron chi connectivity index (χ1n) is 7.23. The van der Waals surface area contributed by atoms with Crippen LogP contribution in [0.15, 0.2) is 29.2 Å². The number of nitrogens with one attached hydrogen (secondary N) is 1. The van der Waals surface area contributed by atoms with Crippen LogP contribution in [0, 0.1) is 0 Å². The molecule has 0 unspecified atom stereocenters. The second-order valence-corrected chi connectivity index (χ2v) is 7.51. The highest BCUT2D eigenvalue weighted by molar-refractivity contribution is 7.89. The highest BCUT2D eigenvalue weighted by Gasteiger charge is 2.35. The SMILES string of the molecule is CC(=O)Nc1ccc(S(=O)(=O)N2[C@H](C)CCC[C@H]2C)cc1. The number of rotatable bonds is 3. The lowest BCUT2D eigenvalue weighted by molar-refractivity contribution is -0.114. The molecule has 0 bridgehead atoms. The largest absolute Gasteiger partial charge is 0.326 e. The number of hydrogen-bond acceptors (Lipinski definition) is 3. The van der Waals surface area contributed by atoms with Crippen LogP contribution in [0.3, 0.4) is 0 Å². The Morgan fingerprint density at radius 2 is 1.67 bits per heavy atom. The Hall–Kier alpha value is -1.40. The first kappa shape index (κ1) is 16.0. The normalized spacial score (nSPS) is 23.8. The molecular formula is C15H22N2O3S. The summed E-state index contributed by atoms with van der Waals surface area (Å²) in [5.74, 6) is -0.177. The summed E-state index contributed by atoms with van der Waals surface area (Å²) in [7, 11) is -3.49. The van der Waals surface area contributed by atoms with E-state index in [0.29, 0.717) is 5.69 Å². The average Bonchev–Trinajstić information content (AvgIpc) is 2.38. The Labute approximate surface area is 126 Å². The van der Waals surface area contributed by atoms with Crippen LogP contribution in [0.5, 0.6) is 0 Å². The fourth-order valence-electron chi connectivity index (χ4n) is 2.91. The fraction of sp³-hybridized carbons (Fsp3) is 0.533. The van der Waals surface area contributed by atoms with Gasteiger partial charge in [-0.25, -0.2) is 8.42 Å². The minimum Gasteiger partial charge on any atom is -0.326 e. The quantitative estimate of drug-likeness (QED) is 0.933. The number of anilines is 1. The second-order valence-electron chi connectivity index (χ2n) is 5.67. The molecule has 0 saturated carbocycles. The van der Waals surface area contributed by atoms with Crippen molar-refractivity contribution in [1.29, 1.82) is 0 Å².